The summed E-state index contributed by atoms with van der Waals surface area (Å²) < 4.78 is 29.1. The summed E-state index contributed by atoms with van der Waals surface area (Å²) in [4.78, 5) is 7.70. The van der Waals surface area contributed by atoms with Crippen molar-refractivity contribution in [3.63, 3.8) is 0 Å². The second-order valence-electron chi connectivity index (χ2n) is 8.94. The topological polar surface area (TPSA) is 61.8 Å². The van der Waals surface area contributed by atoms with Crippen molar-refractivity contribution >= 4 is 11.6 Å². The van der Waals surface area contributed by atoms with Gasteiger partial charge in [0, 0.05) is 43.3 Å². The average Bonchev–Trinajstić information content (AvgIpc) is 3.14. The van der Waals surface area contributed by atoms with Crippen LogP contribution in [-0.4, -0.2) is 71.1 Å². The molecule has 0 N–H and O–H groups in total. The number of piperidine rings is 3. The minimum Gasteiger partial charge on any atom is -0.494 e. The summed E-state index contributed by atoms with van der Waals surface area (Å²) in [6.07, 6.45) is 4.40. The van der Waals surface area contributed by atoms with E-state index >= 15 is 0 Å². The van der Waals surface area contributed by atoms with E-state index < -0.39 is 0 Å². The highest BCUT2D eigenvalue weighted by Gasteiger charge is 2.70. The summed E-state index contributed by atoms with van der Waals surface area (Å²) in [5.74, 6) is 4.03. The molecule has 0 aliphatic carbocycles. The molecule has 5 fully saturated rings. The number of ether oxygens (including phenoxy) is 5. The fourth-order valence-electron chi connectivity index (χ4n) is 6.91. The second-order valence-corrected chi connectivity index (χ2v) is 8.94. The van der Waals surface area contributed by atoms with Gasteiger partial charge in [0.2, 0.25) is 5.90 Å². The molecule has 1 aromatic carbocycles. The lowest BCUT2D eigenvalue weighted by Gasteiger charge is -2.54. The molecule has 7 heteroatoms. The van der Waals surface area contributed by atoms with Crippen molar-refractivity contribution in [1.82, 2.24) is 4.90 Å². The number of hydrogen-bond donors (Lipinski definition) is 0. The van der Waals surface area contributed by atoms with E-state index in [1.807, 2.05) is 6.07 Å². The van der Waals surface area contributed by atoms with Crippen molar-refractivity contribution in [3.8, 4) is 17.2 Å². The van der Waals surface area contributed by atoms with Crippen LogP contribution in [0.3, 0.4) is 0 Å². The summed E-state index contributed by atoms with van der Waals surface area (Å²) >= 11 is 0. The molecular formula is C23H28N2O5. The first-order valence-electron chi connectivity index (χ1n) is 10.7. The van der Waals surface area contributed by atoms with Crippen LogP contribution in [0.1, 0.15) is 18.4 Å². The van der Waals surface area contributed by atoms with Crippen molar-refractivity contribution in [2.75, 3.05) is 48.2 Å². The van der Waals surface area contributed by atoms with Crippen molar-refractivity contribution in [2.24, 2.45) is 16.8 Å². The largest absolute Gasteiger partial charge is 0.494 e. The Bertz CT molecular complexity index is 973. The highest BCUT2D eigenvalue weighted by molar-refractivity contribution is 6.01. The van der Waals surface area contributed by atoms with Gasteiger partial charge in [-0.25, -0.2) is 4.99 Å². The third-order valence-corrected chi connectivity index (χ3v) is 8.05. The quantitative estimate of drug-likeness (QED) is 0.693. The van der Waals surface area contributed by atoms with Crippen LogP contribution in [0.4, 0.5) is 5.69 Å². The summed E-state index contributed by atoms with van der Waals surface area (Å²) in [7, 11) is 6.81. The van der Waals surface area contributed by atoms with Gasteiger partial charge in [-0.1, -0.05) is 11.6 Å². The molecule has 5 bridgehead atoms. The van der Waals surface area contributed by atoms with E-state index in [-0.39, 0.29) is 5.41 Å². The van der Waals surface area contributed by atoms with Crippen LogP contribution in [0, 0.1) is 11.8 Å². The predicted molar refractivity (Wildman–Crippen MR) is 111 cm³/mol. The van der Waals surface area contributed by atoms with Crippen LogP contribution in [0.15, 0.2) is 22.7 Å². The third-order valence-electron chi connectivity index (χ3n) is 8.05. The molecule has 0 amide bonds. The van der Waals surface area contributed by atoms with Gasteiger partial charge in [0.15, 0.2) is 11.5 Å². The lowest BCUT2D eigenvalue weighted by molar-refractivity contribution is -0.0156. The van der Waals surface area contributed by atoms with E-state index in [1.165, 1.54) is 5.57 Å². The molecule has 1 aromatic rings. The Morgan fingerprint density at radius 3 is 2.77 bits per heavy atom. The summed E-state index contributed by atoms with van der Waals surface area (Å²) in [5.41, 5.74) is 3.12. The molecule has 6 aliphatic heterocycles. The molecule has 5 saturated heterocycles. The Labute approximate surface area is 176 Å². The monoisotopic (exact) mass is 412 g/mol. The summed E-state index contributed by atoms with van der Waals surface area (Å²) in [6.45, 7) is 2.39. The van der Waals surface area contributed by atoms with Gasteiger partial charge in [0.25, 0.3) is 0 Å². The highest BCUT2D eigenvalue weighted by Crippen LogP contribution is 2.66. The van der Waals surface area contributed by atoms with Crippen LogP contribution in [0.25, 0.3) is 0 Å². The number of nitrogens with zero attached hydrogens (tertiary/aromatic N) is 2. The molecule has 1 unspecified atom stereocenters. The van der Waals surface area contributed by atoms with Crippen LogP contribution in [-0.2, 0) is 14.9 Å². The Morgan fingerprint density at radius 2 is 2.03 bits per heavy atom. The van der Waals surface area contributed by atoms with Crippen molar-refractivity contribution in [3.05, 3.63) is 23.3 Å². The lowest BCUT2D eigenvalue weighted by atomic mass is 9.68. The van der Waals surface area contributed by atoms with Gasteiger partial charge in [-0.05, 0) is 18.8 Å². The van der Waals surface area contributed by atoms with E-state index in [1.54, 1.807) is 28.4 Å². The molecule has 1 spiro atoms. The van der Waals surface area contributed by atoms with Gasteiger partial charge in [0.05, 0.1) is 40.0 Å². The average molecular weight is 412 g/mol. The number of benzene rings is 1. The number of methoxy groups -OCH3 is 4. The van der Waals surface area contributed by atoms with E-state index in [4.69, 9.17) is 28.7 Å². The van der Waals surface area contributed by atoms with Crippen molar-refractivity contribution in [2.45, 2.75) is 30.3 Å². The maximum absolute atomic E-state index is 6.46. The highest BCUT2D eigenvalue weighted by atomic mass is 16.5. The first-order chi connectivity index (χ1) is 14.7. The zero-order chi connectivity index (χ0) is 20.6. The number of hydrogen-bond acceptors (Lipinski definition) is 7. The Kier molecular flexibility index (Phi) is 3.93. The van der Waals surface area contributed by atoms with Crippen LogP contribution < -0.4 is 14.2 Å². The molecule has 6 atom stereocenters. The van der Waals surface area contributed by atoms with Crippen LogP contribution >= 0.6 is 0 Å². The van der Waals surface area contributed by atoms with Crippen LogP contribution in [0.5, 0.6) is 17.2 Å². The molecular weight excluding hydrogens is 384 g/mol. The lowest BCUT2D eigenvalue weighted by Crippen LogP contribution is -2.61. The van der Waals surface area contributed by atoms with Gasteiger partial charge < -0.3 is 23.7 Å². The second kappa shape index (κ2) is 6.37. The molecule has 6 aliphatic rings. The smallest absolute Gasteiger partial charge is 0.201 e. The first-order valence-corrected chi connectivity index (χ1v) is 10.7. The normalized spacial score (nSPS) is 38.1. The van der Waals surface area contributed by atoms with Gasteiger partial charge in [0.1, 0.15) is 11.4 Å². The molecule has 0 radical (unpaired) electrons. The molecule has 160 valence electrons. The van der Waals surface area contributed by atoms with E-state index in [0.717, 1.165) is 42.3 Å². The van der Waals surface area contributed by atoms with Gasteiger partial charge in [-0.15, -0.1) is 0 Å². The SMILES string of the molecule is COC/C=C1/CN2[C@H]3C[C@H]1[C@@H]1COC4=Nc5c(OC)cc(OC)c(OC)c5[C@]43C[C@@H]12. The molecule has 0 aromatic heterocycles. The molecule has 7 rings (SSSR count). The standard InChI is InChI=1S/C23H28N2O5/c1-26-6-5-12-10-25-15-9-23-18(25)7-13(12)14(15)11-30-22(23)24-20-16(27-2)8-17(28-3)21(29-4)19(20)23/h5,8,13-15,18H,6-7,9-11H2,1-4H3/b12-5-/t13-,14+,15+,18+,23-/m1/s1. The number of fused-ring (bicyclic) bond motifs is 2. The fourth-order valence-corrected chi connectivity index (χ4v) is 6.91. The summed E-state index contributed by atoms with van der Waals surface area (Å²) in [6, 6.07) is 2.70. The Morgan fingerprint density at radius 1 is 1.20 bits per heavy atom. The minimum absolute atomic E-state index is 0.302. The summed E-state index contributed by atoms with van der Waals surface area (Å²) in [5, 5.41) is 0. The van der Waals surface area contributed by atoms with E-state index in [2.05, 4.69) is 11.0 Å². The zero-order valence-corrected chi connectivity index (χ0v) is 17.9. The van der Waals surface area contributed by atoms with E-state index in [9.17, 15) is 0 Å². The van der Waals surface area contributed by atoms with Gasteiger partial charge in [-0.2, -0.15) is 0 Å². The predicted octanol–water partition coefficient (Wildman–Crippen LogP) is 2.69. The fraction of sp³-hybridized carbons (Fsp3) is 0.609. The zero-order valence-electron chi connectivity index (χ0n) is 17.9. The van der Waals surface area contributed by atoms with Crippen molar-refractivity contribution < 1.29 is 23.7 Å². The van der Waals surface area contributed by atoms with Crippen LogP contribution in [0.2, 0.25) is 0 Å². The Hall–Kier alpha value is -2.25. The first kappa shape index (κ1) is 18.5. The van der Waals surface area contributed by atoms with Gasteiger partial charge >= 0.3 is 0 Å². The molecule has 0 saturated carbocycles. The van der Waals surface area contributed by atoms with Gasteiger partial charge in [-0.3, -0.25) is 4.90 Å². The minimum atomic E-state index is -0.302. The molecule has 7 nitrogen and oxygen atoms in total. The maximum Gasteiger partial charge on any atom is 0.201 e. The third kappa shape index (κ3) is 2.05. The van der Waals surface area contributed by atoms with E-state index in [0.29, 0.717) is 48.6 Å². The molecule has 30 heavy (non-hydrogen) atoms. The Balaban J connectivity index is 1.54. The van der Waals surface area contributed by atoms with Crippen molar-refractivity contribution in [1.29, 1.82) is 0 Å². The molecule has 6 heterocycles. The number of rotatable bonds is 5. The maximum atomic E-state index is 6.46. The number of aliphatic imine (C=N–C) groups is 1.